The number of ether oxygens (including phenoxy) is 1. The minimum Gasteiger partial charge on any atom is -0.444 e. The number of hydrogen-bond donors (Lipinski definition) is 3. The van der Waals surface area contributed by atoms with Crippen molar-refractivity contribution in [2.45, 2.75) is 59.7 Å². The molecule has 1 atom stereocenters. The van der Waals surface area contributed by atoms with Crippen LogP contribution < -0.4 is 16.0 Å². The van der Waals surface area contributed by atoms with Crippen LogP contribution in [0.3, 0.4) is 0 Å². The average molecular weight is 335 g/mol. The molecule has 0 bridgehead atoms. The van der Waals surface area contributed by atoms with Gasteiger partial charge in [0, 0.05) is 18.3 Å². The number of benzene rings is 1. The number of anilines is 1. The van der Waals surface area contributed by atoms with Gasteiger partial charge in [-0.15, -0.1) is 0 Å². The van der Waals surface area contributed by atoms with Crippen molar-refractivity contribution in [1.29, 1.82) is 0 Å². The van der Waals surface area contributed by atoms with E-state index in [9.17, 15) is 9.59 Å². The van der Waals surface area contributed by atoms with Crippen LogP contribution in [0.15, 0.2) is 24.3 Å². The van der Waals surface area contributed by atoms with Gasteiger partial charge in [0.2, 0.25) is 0 Å². The second-order valence-electron chi connectivity index (χ2n) is 7.19. The van der Waals surface area contributed by atoms with Crippen molar-refractivity contribution in [3.63, 3.8) is 0 Å². The molecule has 6 nitrogen and oxygen atoms in total. The van der Waals surface area contributed by atoms with E-state index >= 15 is 0 Å². The molecule has 0 aliphatic carbocycles. The number of hydrogen-bond acceptors (Lipinski definition) is 3. The molecular formula is C18H29N3O3. The van der Waals surface area contributed by atoms with Crippen LogP contribution in [-0.4, -0.2) is 23.8 Å². The van der Waals surface area contributed by atoms with Gasteiger partial charge >= 0.3 is 12.1 Å². The van der Waals surface area contributed by atoms with Gasteiger partial charge in [0.05, 0.1) is 0 Å². The molecule has 0 aromatic heterocycles. The number of nitrogens with one attached hydrogen (secondary N) is 3. The molecule has 0 spiro atoms. The summed E-state index contributed by atoms with van der Waals surface area (Å²) in [6.07, 6.45) is -0.468. The van der Waals surface area contributed by atoms with Gasteiger partial charge in [-0.1, -0.05) is 26.0 Å². The van der Waals surface area contributed by atoms with E-state index in [2.05, 4.69) is 16.0 Å². The lowest BCUT2D eigenvalue weighted by Gasteiger charge is -2.20. The first kappa shape index (κ1) is 19.8. The standard InChI is InChI=1S/C18H29N3O3/c1-12(2)13(3)20-16(22)21-15-9-7-8-14(10-15)11-19-17(23)24-18(4,5)6/h7-10,12-13H,11H2,1-6H3,(H,19,23)(H2,20,21,22). The molecule has 1 unspecified atom stereocenters. The van der Waals surface area contributed by atoms with Crippen LogP contribution in [0, 0.1) is 5.92 Å². The topological polar surface area (TPSA) is 79.5 Å². The third-order valence-corrected chi connectivity index (χ3v) is 3.38. The summed E-state index contributed by atoms with van der Waals surface area (Å²) in [7, 11) is 0. The summed E-state index contributed by atoms with van der Waals surface area (Å²) in [5.74, 6) is 0.361. The van der Waals surface area contributed by atoms with Gasteiger partial charge < -0.3 is 20.7 Å². The molecule has 0 saturated carbocycles. The van der Waals surface area contributed by atoms with Gasteiger partial charge in [0.1, 0.15) is 5.60 Å². The maximum Gasteiger partial charge on any atom is 0.407 e. The zero-order valence-corrected chi connectivity index (χ0v) is 15.4. The SMILES string of the molecule is CC(C)C(C)NC(=O)Nc1cccc(CNC(=O)OC(C)(C)C)c1. The Bertz CT molecular complexity index is 565. The van der Waals surface area contributed by atoms with E-state index in [0.29, 0.717) is 18.2 Å². The largest absolute Gasteiger partial charge is 0.444 e. The van der Waals surface area contributed by atoms with E-state index in [1.54, 1.807) is 6.07 Å². The summed E-state index contributed by atoms with van der Waals surface area (Å²) >= 11 is 0. The highest BCUT2D eigenvalue weighted by atomic mass is 16.6. The lowest BCUT2D eigenvalue weighted by Crippen LogP contribution is -2.39. The Balaban J connectivity index is 2.55. The maximum absolute atomic E-state index is 11.9. The van der Waals surface area contributed by atoms with Crippen LogP contribution in [-0.2, 0) is 11.3 Å². The second kappa shape index (κ2) is 8.57. The van der Waals surface area contributed by atoms with E-state index in [4.69, 9.17) is 4.74 Å². The summed E-state index contributed by atoms with van der Waals surface area (Å²) in [4.78, 5) is 23.6. The van der Waals surface area contributed by atoms with Gasteiger partial charge in [-0.2, -0.15) is 0 Å². The molecule has 0 aliphatic rings. The number of amides is 3. The van der Waals surface area contributed by atoms with Gasteiger partial charge in [-0.05, 0) is 51.3 Å². The van der Waals surface area contributed by atoms with Crippen molar-refractivity contribution >= 4 is 17.8 Å². The van der Waals surface area contributed by atoms with Crippen molar-refractivity contribution in [1.82, 2.24) is 10.6 Å². The zero-order chi connectivity index (χ0) is 18.3. The lowest BCUT2D eigenvalue weighted by atomic mass is 10.1. The number of carbonyl (C=O) groups is 2. The predicted octanol–water partition coefficient (Wildman–Crippen LogP) is 3.88. The van der Waals surface area contributed by atoms with Crippen LogP contribution in [0.2, 0.25) is 0 Å². The molecule has 0 heterocycles. The molecule has 3 amide bonds. The molecule has 134 valence electrons. The fourth-order valence-corrected chi connectivity index (χ4v) is 1.79. The normalized spacial score (nSPS) is 12.5. The molecule has 1 aromatic rings. The minimum absolute atomic E-state index is 0.0852. The van der Waals surface area contributed by atoms with Crippen LogP contribution in [0.1, 0.15) is 47.1 Å². The van der Waals surface area contributed by atoms with Gasteiger partial charge in [-0.25, -0.2) is 9.59 Å². The van der Waals surface area contributed by atoms with Crippen molar-refractivity contribution in [3.8, 4) is 0 Å². The van der Waals surface area contributed by atoms with Crippen LogP contribution in [0.25, 0.3) is 0 Å². The summed E-state index contributed by atoms with van der Waals surface area (Å²) in [5, 5.41) is 8.38. The van der Waals surface area contributed by atoms with Crippen LogP contribution in [0.4, 0.5) is 15.3 Å². The first-order chi connectivity index (χ1) is 11.1. The van der Waals surface area contributed by atoms with Crippen molar-refractivity contribution < 1.29 is 14.3 Å². The third kappa shape index (κ3) is 7.85. The number of alkyl carbamates (subject to hydrolysis) is 1. The fraction of sp³-hybridized carbons (Fsp3) is 0.556. The Hall–Kier alpha value is -2.24. The smallest absolute Gasteiger partial charge is 0.407 e. The number of carbonyl (C=O) groups excluding carboxylic acids is 2. The first-order valence-electron chi connectivity index (χ1n) is 8.20. The molecule has 6 heteroatoms. The van der Waals surface area contributed by atoms with Crippen molar-refractivity contribution in [2.75, 3.05) is 5.32 Å². The highest BCUT2D eigenvalue weighted by Gasteiger charge is 2.15. The van der Waals surface area contributed by atoms with Crippen LogP contribution in [0.5, 0.6) is 0 Å². The Labute approximate surface area is 144 Å². The van der Waals surface area contributed by atoms with E-state index in [1.807, 2.05) is 59.7 Å². The zero-order valence-electron chi connectivity index (χ0n) is 15.4. The van der Waals surface area contributed by atoms with Gasteiger partial charge in [0.25, 0.3) is 0 Å². The van der Waals surface area contributed by atoms with E-state index in [0.717, 1.165) is 5.56 Å². The van der Waals surface area contributed by atoms with E-state index in [-0.39, 0.29) is 12.1 Å². The highest BCUT2D eigenvalue weighted by Crippen LogP contribution is 2.12. The Morgan fingerprint density at radius 2 is 1.83 bits per heavy atom. The third-order valence-electron chi connectivity index (χ3n) is 3.38. The predicted molar refractivity (Wildman–Crippen MR) is 96.0 cm³/mol. The average Bonchev–Trinajstić information content (AvgIpc) is 2.43. The Morgan fingerprint density at radius 1 is 1.17 bits per heavy atom. The monoisotopic (exact) mass is 335 g/mol. The molecule has 1 rings (SSSR count). The number of rotatable bonds is 5. The maximum atomic E-state index is 11.9. The summed E-state index contributed by atoms with van der Waals surface area (Å²) in [6.45, 7) is 11.8. The summed E-state index contributed by atoms with van der Waals surface area (Å²) in [5.41, 5.74) is 1.01. The quantitative estimate of drug-likeness (QED) is 0.764. The van der Waals surface area contributed by atoms with E-state index < -0.39 is 11.7 Å². The van der Waals surface area contributed by atoms with Crippen molar-refractivity contribution in [3.05, 3.63) is 29.8 Å². The number of urea groups is 1. The van der Waals surface area contributed by atoms with Crippen LogP contribution >= 0.6 is 0 Å². The minimum atomic E-state index is -0.529. The molecule has 1 aromatic carbocycles. The lowest BCUT2D eigenvalue weighted by molar-refractivity contribution is 0.0523. The second-order valence-corrected chi connectivity index (χ2v) is 7.19. The summed E-state index contributed by atoms with van der Waals surface area (Å²) in [6, 6.07) is 7.16. The molecule has 0 radical (unpaired) electrons. The molecule has 0 saturated heterocycles. The van der Waals surface area contributed by atoms with Gasteiger partial charge in [-0.3, -0.25) is 0 Å². The van der Waals surface area contributed by atoms with E-state index in [1.165, 1.54) is 0 Å². The fourth-order valence-electron chi connectivity index (χ4n) is 1.79. The Morgan fingerprint density at radius 3 is 2.42 bits per heavy atom. The molecule has 0 aliphatic heterocycles. The highest BCUT2D eigenvalue weighted by molar-refractivity contribution is 5.89. The molecular weight excluding hydrogens is 306 g/mol. The molecule has 24 heavy (non-hydrogen) atoms. The van der Waals surface area contributed by atoms with Crippen molar-refractivity contribution in [2.24, 2.45) is 5.92 Å². The molecule has 3 N–H and O–H groups in total. The first-order valence-corrected chi connectivity index (χ1v) is 8.20. The Kier molecular flexibility index (Phi) is 7.07. The molecule has 0 fully saturated rings. The van der Waals surface area contributed by atoms with Gasteiger partial charge in [0.15, 0.2) is 0 Å². The summed E-state index contributed by atoms with van der Waals surface area (Å²) < 4.78 is 5.19.